The summed E-state index contributed by atoms with van der Waals surface area (Å²) in [7, 11) is 0. The first-order valence-electron chi connectivity index (χ1n) is 6.02. The smallest absolute Gasteiger partial charge is 0.337 e. The van der Waals surface area contributed by atoms with Gasteiger partial charge in [-0.2, -0.15) is 0 Å². The maximum atomic E-state index is 11.8. The topological polar surface area (TPSA) is 91.3 Å². The molecule has 0 aliphatic heterocycles. The number of aromatic nitrogens is 1. The Morgan fingerprint density at radius 2 is 2.19 bits per heavy atom. The van der Waals surface area contributed by atoms with Gasteiger partial charge in [0, 0.05) is 28.1 Å². The van der Waals surface area contributed by atoms with Gasteiger partial charge in [-0.15, -0.1) is 11.3 Å². The molecule has 0 spiro atoms. The van der Waals surface area contributed by atoms with Gasteiger partial charge >= 0.3 is 12.0 Å². The van der Waals surface area contributed by atoms with E-state index in [1.807, 2.05) is 28.0 Å². The van der Waals surface area contributed by atoms with Crippen LogP contribution in [0.4, 0.5) is 10.5 Å². The van der Waals surface area contributed by atoms with Crippen molar-refractivity contribution in [2.45, 2.75) is 6.42 Å². The third kappa shape index (κ3) is 4.67. The summed E-state index contributed by atoms with van der Waals surface area (Å²) in [4.78, 5) is 27.0. The van der Waals surface area contributed by atoms with Crippen molar-refractivity contribution < 1.29 is 14.7 Å². The van der Waals surface area contributed by atoms with Crippen LogP contribution < -0.4 is 10.6 Å². The average Bonchev–Trinajstić information content (AvgIpc) is 2.94. The number of halogens is 1. The molecule has 110 valence electrons. The Bertz CT molecular complexity index is 646. The lowest BCUT2D eigenvalue weighted by Gasteiger charge is -2.10. The van der Waals surface area contributed by atoms with Gasteiger partial charge in [-0.3, -0.25) is 0 Å². The van der Waals surface area contributed by atoms with Gasteiger partial charge in [0.25, 0.3) is 0 Å². The summed E-state index contributed by atoms with van der Waals surface area (Å²) in [6, 6.07) is 4.38. The van der Waals surface area contributed by atoms with Crippen molar-refractivity contribution in [2.75, 3.05) is 11.9 Å². The number of carboxylic acid groups (broad SMARTS) is 1. The summed E-state index contributed by atoms with van der Waals surface area (Å²) in [5, 5.41) is 17.2. The molecule has 0 saturated carbocycles. The molecule has 0 aliphatic rings. The molecule has 6 nitrogen and oxygen atoms in total. The minimum absolute atomic E-state index is 0.0666. The number of urea groups is 1. The summed E-state index contributed by atoms with van der Waals surface area (Å²) >= 11 is 3.55. The van der Waals surface area contributed by atoms with Crippen molar-refractivity contribution in [3.63, 3.8) is 0 Å². The number of carbonyl (C=O) groups excluding carboxylic acids is 1. The fourth-order valence-electron chi connectivity index (χ4n) is 1.63. The Labute approximate surface area is 138 Å². The van der Waals surface area contributed by atoms with E-state index in [1.54, 1.807) is 18.3 Å². The van der Waals surface area contributed by atoms with Gasteiger partial charge < -0.3 is 15.7 Å². The van der Waals surface area contributed by atoms with Gasteiger partial charge in [-0.05, 0) is 40.8 Å². The Morgan fingerprint density at radius 3 is 2.86 bits per heavy atom. The van der Waals surface area contributed by atoms with Crippen LogP contribution in [-0.4, -0.2) is 28.6 Å². The number of hydrogen-bond acceptors (Lipinski definition) is 4. The molecule has 21 heavy (non-hydrogen) atoms. The maximum Gasteiger partial charge on any atom is 0.337 e. The van der Waals surface area contributed by atoms with E-state index in [2.05, 4.69) is 15.6 Å². The number of thiazole rings is 1. The number of carbonyl (C=O) groups is 2. The number of rotatable bonds is 5. The van der Waals surface area contributed by atoms with E-state index in [9.17, 15) is 9.59 Å². The predicted molar refractivity (Wildman–Crippen MR) is 89.0 cm³/mol. The van der Waals surface area contributed by atoms with Crippen LogP contribution >= 0.6 is 33.9 Å². The number of benzene rings is 1. The minimum Gasteiger partial charge on any atom is -0.478 e. The lowest BCUT2D eigenvalue weighted by molar-refractivity contribution is 0.0698. The number of carboxylic acids is 1. The normalized spacial score (nSPS) is 10.1. The first kappa shape index (κ1) is 15.7. The largest absolute Gasteiger partial charge is 0.478 e. The molecule has 0 atom stereocenters. The Kier molecular flexibility index (Phi) is 5.51. The van der Waals surface area contributed by atoms with Crippen molar-refractivity contribution in [3.05, 3.63) is 43.9 Å². The molecular formula is C13H12IN3O3S. The molecule has 0 bridgehead atoms. The summed E-state index contributed by atoms with van der Waals surface area (Å²) in [6.07, 6.45) is 2.36. The molecule has 0 radical (unpaired) electrons. The van der Waals surface area contributed by atoms with Crippen molar-refractivity contribution in [2.24, 2.45) is 0 Å². The molecule has 2 aromatic rings. The van der Waals surface area contributed by atoms with Crippen LogP contribution in [0.5, 0.6) is 0 Å². The summed E-state index contributed by atoms with van der Waals surface area (Å²) in [5.74, 6) is -1.08. The third-order valence-electron chi connectivity index (χ3n) is 2.57. The van der Waals surface area contributed by atoms with E-state index < -0.39 is 12.0 Å². The average molecular weight is 417 g/mol. The van der Waals surface area contributed by atoms with Gasteiger partial charge in [0.1, 0.15) is 0 Å². The summed E-state index contributed by atoms with van der Waals surface area (Å²) < 4.78 is 0.791. The van der Waals surface area contributed by atoms with Gasteiger partial charge in [0.05, 0.1) is 16.3 Å². The molecule has 0 unspecified atom stereocenters. The van der Waals surface area contributed by atoms with E-state index >= 15 is 0 Å². The van der Waals surface area contributed by atoms with Crippen LogP contribution in [0.25, 0.3) is 0 Å². The zero-order valence-corrected chi connectivity index (χ0v) is 13.8. The second kappa shape index (κ2) is 7.36. The second-order valence-electron chi connectivity index (χ2n) is 4.05. The van der Waals surface area contributed by atoms with Gasteiger partial charge in [0.2, 0.25) is 0 Å². The number of amides is 2. The molecule has 1 heterocycles. The molecular weight excluding hydrogens is 405 g/mol. The van der Waals surface area contributed by atoms with Crippen molar-refractivity contribution in [1.82, 2.24) is 10.3 Å². The van der Waals surface area contributed by atoms with E-state index in [0.29, 0.717) is 13.0 Å². The Balaban J connectivity index is 1.92. The number of anilines is 1. The van der Waals surface area contributed by atoms with Crippen LogP contribution in [0.15, 0.2) is 29.8 Å². The number of aromatic carboxylic acids is 1. The van der Waals surface area contributed by atoms with Crippen LogP contribution in [0.3, 0.4) is 0 Å². The lowest BCUT2D eigenvalue weighted by atomic mass is 10.2. The predicted octanol–water partition coefficient (Wildman–Crippen LogP) is 2.81. The third-order valence-corrected chi connectivity index (χ3v) is 4.08. The standard InChI is InChI=1S/C13H12IN3O3S/c14-8-1-2-10(9(7-8)12(18)19)17-13(20)16-4-3-11-15-5-6-21-11/h1-2,5-7H,3-4H2,(H,18,19)(H2,16,17,20). The monoisotopic (exact) mass is 417 g/mol. The van der Waals surface area contributed by atoms with Gasteiger partial charge in [-0.1, -0.05) is 0 Å². The van der Waals surface area contributed by atoms with Gasteiger partial charge in [-0.25, -0.2) is 14.6 Å². The van der Waals surface area contributed by atoms with E-state index in [1.165, 1.54) is 17.4 Å². The molecule has 1 aromatic heterocycles. The molecule has 3 N–H and O–H groups in total. The Morgan fingerprint density at radius 1 is 1.38 bits per heavy atom. The molecule has 0 aliphatic carbocycles. The highest BCUT2D eigenvalue weighted by atomic mass is 127. The van der Waals surface area contributed by atoms with Crippen LogP contribution in [-0.2, 0) is 6.42 Å². The molecule has 2 rings (SSSR count). The van der Waals surface area contributed by atoms with E-state index in [0.717, 1.165) is 8.58 Å². The van der Waals surface area contributed by atoms with E-state index in [-0.39, 0.29) is 11.3 Å². The number of nitrogens with one attached hydrogen (secondary N) is 2. The van der Waals surface area contributed by atoms with Crippen molar-refractivity contribution >= 4 is 51.6 Å². The first-order chi connectivity index (χ1) is 10.1. The Hall–Kier alpha value is -1.68. The highest BCUT2D eigenvalue weighted by Crippen LogP contribution is 2.18. The fourth-order valence-corrected chi connectivity index (χ4v) is 2.74. The maximum absolute atomic E-state index is 11.8. The quantitative estimate of drug-likeness (QED) is 0.653. The van der Waals surface area contributed by atoms with Crippen LogP contribution in [0.1, 0.15) is 15.4 Å². The molecule has 8 heteroatoms. The van der Waals surface area contributed by atoms with E-state index in [4.69, 9.17) is 5.11 Å². The lowest BCUT2D eigenvalue weighted by Crippen LogP contribution is -2.31. The zero-order chi connectivity index (χ0) is 15.2. The van der Waals surface area contributed by atoms with Crippen molar-refractivity contribution in [3.8, 4) is 0 Å². The molecule has 0 fully saturated rings. The molecule has 0 saturated heterocycles. The first-order valence-corrected chi connectivity index (χ1v) is 7.98. The second-order valence-corrected chi connectivity index (χ2v) is 6.28. The van der Waals surface area contributed by atoms with Crippen LogP contribution in [0, 0.1) is 3.57 Å². The SMILES string of the molecule is O=C(NCCc1nccs1)Nc1ccc(I)cc1C(=O)O. The van der Waals surface area contributed by atoms with Crippen LogP contribution in [0.2, 0.25) is 0 Å². The number of hydrogen-bond donors (Lipinski definition) is 3. The number of nitrogens with zero attached hydrogens (tertiary/aromatic N) is 1. The zero-order valence-electron chi connectivity index (χ0n) is 10.8. The summed E-state index contributed by atoms with van der Waals surface area (Å²) in [6.45, 7) is 0.437. The van der Waals surface area contributed by atoms with Crippen molar-refractivity contribution in [1.29, 1.82) is 0 Å². The highest BCUT2D eigenvalue weighted by molar-refractivity contribution is 14.1. The van der Waals surface area contributed by atoms with Gasteiger partial charge in [0.15, 0.2) is 0 Å². The fraction of sp³-hybridized carbons (Fsp3) is 0.154. The summed E-state index contributed by atoms with van der Waals surface area (Å²) in [5.41, 5.74) is 0.339. The molecule has 2 amide bonds. The molecule has 1 aromatic carbocycles. The minimum atomic E-state index is -1.08. The highest BCUT2D eigenvalue weighted by Gasteiger charge is 2.12.